The summed E-state index contributed by atoms with van der Waals surface area (Å²) in [6.07, 6.45) is 2.74. The van der Waals surface area contributed by atoms with E-state index >= 15 is 0 Å². The van der Waals surface area contributed by atoms with Gasteiger partial charge in [0.2, 0.25) is 0 Å². The molecule has 1 fully saturated rings. The number of rotatable bonds is 12. The second kappa shape index (κ2) is 13.0. The number of hydrogen-bond acceptors (Lipinski definition) is 9. The highest BCUT2D eigenvalue weighted by Crippen LogP contribution is 2.30. The number of likely N-dealkylation sites (tertiary alicyclic amines) is 1. The fourth-order valence-electron chi connectivity index (χ4n) is 3.53. The number of unbranched alkanes of at least 4 members (excludes halogenated alkanes) is 1. The van der Waals surface area contributed by atoms with Gasteiger partial charge in [0.15, 0.2) is 0 Å². The number of esters is 3. The summed E-state index contributed by atoms with van der Waals surface area (Å²) in [5.74, 6) is -1.79. The van der Waals surface area contributed by atoms with Gasteiger partial charge in [-0.1, -0.05) is 6.42 Å². The lowest BCUT2D eigenvalue weighted by Gasteiger charge is -2.45. The van der Waals surface area contributed by atoms with E-state index in [0.717, 1.165) is 19.3 Å². The number of carbonyl (C=O) groups excluding carboxylic acids is 3. The molecule has 0 aromatic heterocycles. The van der Waals surface area contributed by atoms with E-state index in [1.807, 2.05) is 0 Å². The van der Waals surface area contributed by atoms with Crippen LogP contribution in [0.25, 0.3) is 0 Å². The Morgan fingerprint density at radius 2 is 1.55 bits per heavy atom. The maximum Gasteiger partial charge on any atom is 0.343 e. The monoisotopic (exact) mass is 444 g/mol. The lowest BCUT2D eigenvalue weighted by atomic mass is 9.91. The number of nitrogens with zero attached hydrogens (tertiary/aromatic N) is 1. The summed E-state index contributed by atoms with van der Waals surface area (Å²) in [5, 5.41) is 0. The number of piperidine rings is 1. The van der Waals surface area contributed by atoms with E-state index in [4.69, 9.17) is 24.7 Å². The molecular formula is C22H40N2O7. The first kappa shape index (κ1) is 27.3. The van der Waals surface area contributed by atoms with Crippen molar-refractivity contribution in [1.29, 1.82) is 0 Å². The first-order valence-corrected chi connectivity index (χ1v) is 11.3. The van der Waals surface area contributed by atoms with Crippen LogP contribution in [0.3, 0.4) is 0 Å². The Labute approximate surface area is 185 Å². The van der Waals surface area contributed by atoms with Gasteiger partial charge in [-0.05, 0) is 73.4 Å². The maximum atomic E-state index is 13.4. The minimum absolute atomic E-state index is 0.101. The van der Waals surface area contributed by atoms with Gasteiger partial charge in [0.1, 0.15) is 11.8 Å². The molecule has 0 amide bonds. The van der Waals surface area contributed by atoms with E-state index in [0.29, 0.717) is 32.5 Å². The Balaban J connectivity index is 3.03. The van der Waals surface area contributed by atoms with Crippen LogP contribution in [0, 0.1) is 0 Å². The SMILES string of the molecule is CCOC(=O)CCCCOC(N)C(C(=O)OCC)(C(=O)OC(C)(C)C)N1CCCCC1. The average molecular weight is 445 g/mol. The zero-order valence-electron chi connectivity index (χ0n) is 19.7. The highest BCUT2D eigenvalue weighted by molar-refractivity contribution is 6.06. The van der Waals surface area contributed by atoms with Crippen LogP contribution in [-0.4, -0.2) is 73.1 Å². The van der Waals surface area contributed by atoms with E-state index in [1.54, 1.807) is 39.5 Å². The van der Waals surface area contributed by atoms with Crippen molar-refractivity contribution in [2.75, 3.05) is 32.9 Å². The van der Waals surface area contributed by atoms with E-state index in [1.165, 1.54) is 0 Å². The molecule has 1 aliphatic heterocycles. The fraction of sp³-hybridized carbons (Fsp3) is 0.864. The summed E-state index contributed by atoms with van der Waals surface area (Å²) >= 11 is 0. The predicted octanol–water partition coefficient (Wildman–Crippen LogP) is 2.15. The summed E-state index contributed by atoms with van der Waals surface area (Å²) in [6.45, 7) is 10.3. The quantitative estimate of drug-likeness (QED) is 0.159. The molecule has 31 heavy (non-hydrogen) atoms. The van der Waals surface area contributed by atoms with Crippen molar-refractivity contribution in [2.24, 2.45) is 5.73 Å². The summed E-state index contributed by atoms with van der Waals surface area (Å²) < 4.78 is 21.6. The summed E-state index contributed by atoms with van der Waals surface area (Å²) in [6, 6.07) is 0. The summed E-state index contributed by atoms with van der Waals surface area (Å²) in [5.41, 5.74) is 3.67. The van der Waals surface area contributed by atoms with Crippen LogP contribution in [0.1, 0.15) is 73.1 Å². The molecule has 0 aliphatic carbocycles. The van der Waals surface area contributed by atoms with Gasteiger partial charge in [-0.15, -0.1) is 0 Å². The van der Waals surface area contributed by atoms with Crippen LogP contribution in [0.4, 0.5) is 0 Å². The Hall–Kier alpha value is -1.71. The lowest BCUT2D eigenvalue weighted by molar-refractivity contribution is -0.197. The van der Waals surface area contributed by atoms with Gasteiger partial charge in [0.25, 0.3) is 5.54 Å². The molecule has 2 unspecified atom stereocenters. The smallest absolute Gasteiger partial charge is 0.343 e. The molecule has 9 heteroatoms. The molecule has 0 aromatic carbocycles. The second-order valence-electron chi connectivity index (χ2n) is 8.59. The summed E-state index contributed by atoms with van der Waals surface area (Å²) in [4.78, 5) is 39.8. The van der Waals surface area contributed by atoms with Crippen LogP contribution in [0.2, 0.25) is 0 Å². The van der Waals surface area contributed by atoms with Gasteiger partial charge in [-0.2, -0.15) is 0 Å². The van der Waals surface area contributed by atoms with E-state index in [-0.39, 0.29) is 25.6 Å². The molecule has 0 spiro atoms. The molecule has 9 nitrogen and oxygen atoms in total. The molecule has 180 valence electrons. The van der Waals surface area contributed by atoms with E-state index < -0.39 is 29.3 Å². The second-order valence-corrected chi connectivity index (χ2v) is 8.59. The normalized spacial score (nSPS) is 18.0. The number of carbonyl (C=O) groups is 3. The van der Waals surface area contributed by atoms with Crippen molar-refractivity contribution in [3.05, 3.63) is 0 Å². The molecule has 0 radical (unpaired) electrons. The third kappa shape index (κ3) is 8.05. The van der Waals surface area contributed by atoms with Crippen molar-refractivity contribution < 1.29 is 33.3 Å². The fourth-order valence-corrected chi connectivity index (χ4v) is 3.53. The number of hydrogen-bond donors (Lipinski definition) is 1. The topological polar surface area (TPSA) is 117 Å². The van der Waals surface area contributed by atoms with Gasteiger partial charge in [-0.3, -0.25) is 9.69 Å². The largest absolute Gasteiger partial charge is 0.466 e. The van der Waals surface area contributed by atoms with Crippen LogP contribution in [0.15, 0.2) is 0 Å². The van der Waals surface area contributed by atoms with Crippen LogP contribution < -0.4 is 5.73 Å². The van der Waals surface area contributed by atoms with Gasteiger partial charge in [-0.25, -0.2) is 9.59 Å². The van der Waals surface area contributed by atoms with Gasteiger partial charge in [0, 0.05) is 13.0 Å². The molecule has 2 atom stereocenters. The first-order valence-electron chi connectivity index (χ1n) is 11.3. The third-order valence-electron chi connectivity index (χ3n) is 4.94. The highest BCUT2D eigenvalue weighted by atomic mass is 16.6. The van der Waals surface area contributed by atoms with Crippen LogP contribution >= 0.6 is 0 Å². The molecule has 0 aromatic rings. The van der Waals surface area contributed by atoms with Gasteiger partial charge < -0.3 is 24.7 Å². The van der Waals surface area contributed by atoms with Crippen LogP contribution in [0.5, 0.6) is 0 Å². The molecule has 1 rings (SSSR count). The predicted molar refractivity (Wildman–Crippen MR) is 115 cm³/mol. The average Bonchev–Trinajstić information content (AvgIpc) is 2.68. The summed E-state index contributed by atoms with van der Waals surface area (Å²) in [7, 11) is 0. The molecule has 0 saturated carbocycles. The zero-order chi connectivity index (χ0) is 23.5. The lowest BCUT2D eigenvalue weighted by Crippen LogP contribution is -2.72. The number of ether oxygens (including phenoxy) is 4. The number of nitrogens with two attached hydrogens (primary N) is 1. The Morgan fingerprint density at radius 3 is 2.10 bits per heavy atom. The minimum Gasteiger partial charge on any atom is -0.466 e. The minimum atomic E-state index is -1.88. The van der Waals surface area contributed by atoms with Crippen LogP contribution in [-0.2, 0) is 33.3 Å². The Kier molecular flexibility index (Phi) is 11.4. The molecule has 1 heterocycles. The van der Waals surface area contributed by atoms with Crippen molar-refractivity contribution in [2.45, 2.75) is 90.5 Å². The van der Waals surface area contributed by atoms with Crippen molar-refractivity contribution in [3.8, 4) is 0 Å². The zero-order valence-corrected chi connectivity index (χ0v) is 19.7. The third-order valence-corrected chi connectivity index (χ3v) is 4.94. The van der Waals surface area contributed by atoms with E-state index in [9.17, 15) is 14.4 Å². The molecule has 1 saturated heterocycles. The highest BCUT2D eigenvalue weighted by Gasteiger charge is 2.60. The van der Waals surface area contributed by atoms with Gasteiger partial charge in [0.05, 0.1) is 13.2 Å². The van der Waals surface area contributed by atoms with E-state index in [2.05, 4.69) is 0 Å². The molecular weight excluding hydrogens is 404 g/mol. The van der Waals surface area contributed by atoms with Crippen molar-refractivity contribution in [1.82, 2.24) is 4.90 Å². The van der Waals surface area contributed by atoms with Gasteiger partial charge >= 0.3 is 17.9 Å². The molecule has 2 N–H and O–H groups in total. The Bertz CT molecular complexity index is 585. The van der Waals surface area contributed by atoms with Crippen molar-refractivity contribution in [3.63, 3.8) is 0 Å². The van der Waals surface area contributed by atoms with Crippen molar-refractivity contribution >= 4 is 17.9 Å². The maximum absolute atomic E-state index is 13.4. The molecule has 1 aliphatic rings. The standard InChI is InChI=1S/C22H40N2O7/c1-6-28-17(25)13-9-12-16-30-18(23)22(19(26)29-7-2,20(27)31-21(3,4)5)24-14-10-8-11-15-24/h18H,6-16,23H2,1-5H3. The Morgan fingerprint density at radius 1 is 0.935 bits per heavy atom. The first-order chi connectivity index (χ1) is 14.6. The molecule has 0 bridgehead atoms.